The molecule has 2 aromatic carbocycles. The highest BCUT2D eigenvalue weighted by molar-refractivity contribution is 7.99. The molecule has 0 radical (unpaired) electrons. The summed E-state index contributed by atoms with van der Waals surface area (Å²) in [6.07, 6.45) is 1.57. The minimum absolute atomic E-state index is 0.00407. The van der Waals surface area contributed by atoms with E-state index in [1.807, 2.05) is 22.8 Å². The average Bonchev–Trinajstić information content (AvgIpc) is 3.40. The lowest BCUT2D eigenvalue weighted by atomic mass is 10.2. The fraction of sp³-hybridized carbons (Fsp3) is 0.0952. The van der Waals surface area contributed by atoms with Gasteiger partial charge in [-0.1, -0.05) is 23.4 Å². The highest BCUT2D eigenvalue weighted by Gasteiger charge is 2.17. The third-order valence-corrected chi connectivity index (χ3v) is 5.47. The van der Waals surface area contributed by atoms with Crippen LogP contribution in [0.2, 0.25) is 5.02 Å². The molecule has 0 aliphatic carbocycles. The Kier molecular flexibility index (Phi) is 6.34. The quantitative estimate of drug-likeness (QED) is 0.381. The molecule has 0 aliphatic rings. The molecule has 1 N–H and O–H groups in total. The second-order valence-corrected chi connectivity index (χ2v) is 7.82. The SMILES string of the molecule is O=C(CSc1nnc(-c2ccc(Cl)cc2)n1Cc1ccco1)Nc1ccc(F)c(F)c1. The molecule has 0 spiro atoms. The van der Waals surface area contributed by atoms with Gasteiger partial charge < -0.3 is 9.73 Å². The molecule has 0 atom stereocenters. The standard InChI is InChI=1S/C21H15ClF2N4O2S/c22-14-5-3-13(4-6-14)20-26-27-21(28(20)11-16-2-1-9-30-16)31-12-19(29)25-15-7-8-17(23)18(24)10-15/h1-10H,11-12H2,(H,25,29). The van der Waals surface area contributed by atoms with E-state index < -0.39 is 17.5 Å². The molecule has 2 aromatic heterocycles. The summed E-state index contributed by atoms with van der Waals surface area (Å²) in [5.41, 5.74) is 0.977. The summed E-state index contributed by atoms with van der Waals surface area (Å²) in [6, 6.07) is 13.9. The van der Waals surface area contributed by atoms with Crippen LogP contribution in [0.1, 0.15) is 5.76 Å². The van der Waals surface area contributed by atoms with Gasteiger partial charge >= 0.3 is 0 Å². The smallest absolute Gasteiger partial charge is 0.234 e. The molecular formula is C21H15ClF2N4O2S. The number of anilines is 1. The first-order chi connectivity index (χ1) is 15.0. The van der Waals surface area contributed by atoms with Crippen LogP contribution < -0.4 is 5.32 Å². The van der Waals surface area contributed by atoms with E-state index in [4.69, 9.17) is 16.0 Å². The van der Waals surface area contributed by atoms with Crippen LogP contribution in [-0.4, -0.2) is 26.4 Å². The lowest BCUT2D eigenvalue weighted by Crippen LogP contribution is -2.15. The molecule has 0 unspecified atom stereocenters. The molecule has 0 fully saturated rings. The maximum atomic E-state index is 13.3. The lowest BCUT2D eigenvalue weighted by molar-refractivity contribution is -0.113. The summed E-state index contributed by atoms with van der Waals surface area (Å²) >= 11 is 7.14. The number of benzene rings is 2. The first-order valence-corrected chi connectivity index (χ1v) is 10.4. The fourth-order valence-corrected chi connectivity index (χ4v) is 3.67. The molecular weight excluding hydrogens is 446 g/mol. The van der Waals surface area contributed by atoms with E-state index in [0.717, 1.165) is 29.5 Å². The third kappa shape index (κ3) is 5.12. The highest BCUT2D eigenvalue weighted by atomic mass is 35.5. The van der Waals surface area contributed by atoms with Crippen molar-refractivity contribution in [2.45, 2.75) is 11.7 Å². The van der Waals surface area contributed by atoms with Crippen molar-refractivity contribution in [1.82, 2.24) is 14.8 Å². The Morgan fingerprint density at radius 3 is 2.61 bits per heavy atom. The van der Waals surface area contributed by atoms with Crippen LogP contribution in [0.25, 0.3) is 11.4 Å². The molecule has 0 aliphatic heterocycles. The number of halogens is 3. The van der Waals surface area contributed by atoms with Gasteiger partial charge in [-0.3, -0.25) is 9.36 Å². The molecule has 10 heteroatoms. The second kappa shape index (κ2) is 9.32. The second-order valence-electron chi connectivity index (χ2n) is 6.44. The summed E-state index contributed by atoms with van der Waals surface area (Å²) in [5, 5.41) is 12.1. The number of aromatic nitrogens is 3. The van der Waals surface area contributed by atoms with Crippen LogP contribution in [-0.2, 0) is 11.3 Å². The molecule has 6 nitrogen and oxygen atoms in total. The van der Waals surface area contributed by atoms with Crippen LogP contribution in [0, 0.1) is 11.6 Å². The predicted molar refractivity (Wildman–Crippen MR) is 114 cm³/mol. The van der Waals surface area contributed by atoms with Gasteiger partial charge in [0.2, 0.25) is 5.91 Å². The molecule has 0 bridgehead atoms. The molecule has 31 heavy (non-hydrogen) atoms. The molecule has 2 heterocycles. The van der Waals surface area contributed by atoms with Gasteiger partial charge in [0.25, 0.3) is 0 Å². The molecule has 158 valence electrons. The van der Waals surface area contributed by atoms with Gasteiger partial charge in [-0.2, -0.15) is 0 Å². The van der Waals surface area contributed by atoms with Gasteiger partial charge in [-0.25, -0.2) is 8.78 Å². The number of hydrogen-bond donors (Lipinski definition) is 1. The molecule has 1 amide bonds. The van der Waals surface area contributed by atoms with E-state index >= 15 is 0 Å². The van der Waals surface area contributed by atoms with Gasteiger partial charge in [-0.15, -0.1) is 10.2 Å². The molecule has 4 rings (SSSR count). The Morgan fingerprint density at radius 1 is 1.10 bits per heavy atom. The number of nitrogens with one attached hydrogen (secondary N) is 1. The van der Waals surface area contributed by atoms with Gasteiger partial charge in [0.1, 0.15) is 5.76 Å². The van der Waals surface area contributed by atoms with Crippen molar-refractivity contribution >= 4 is 35.0 Å². The summed E-state index contributed by atoms with van der Waals surface area (Å²) in [7, 11) is 0. The van der Waals surface area contributed by atoms with Gasteiger partial charge in [0, 0.05) is 22.3 Å². The van der Waals surface area contributed by atoms with E-state index in [-0.39, 0.29) is 11.4 Å². The van der Waals surface area contributed by atoms with Crippen molar-refractivity contribution in [3.63, 3.8) is 0 Å². The van der Waals surface area contributed by atoms with Crippen LogP contribution >= 0.6 is 23.4 Å². The maximum absolute atomic E-state index is 13.3. The number of hydrogen-bond acceptors (Lipinski definition) is 5. The maximum Gasteiger partial charge on any atom is 0.234 e. The van der Waals surface area contributed by atoms with Crippen molar-refractivity contribution in [3.05, 3.63) is 83.3 Å². The molecule has 4 aromatic rings. The van der Waals surface area contributed by atoms with Crippen LogP contribution in [0.5, 0.6) is 0 Å². The number of furan rings is 1. The number of amides is 1. The van der Waals surface area contributed by atoms with E-state index in [9.17, 15) is 13.6 Å². The van der Waals surface area contributed by atoms with Gasteiger partial charge in [0.15, 0.2) is 22.6 Å². The number of nitrogens with zero attached hydrogens (tertiary/aromatic N) is 3. The number of rotatable bonds is 7. The van der Waals surface area contributed by atoms with Crippen molar-refractivity contribution in [2.75, 3.05) is 11.1 Å². The topological polar surface area (TPSA) is 73.0 Å². The number of carbonyl (C=O) groups is 1. The van der Waals surface area contributed by atoms with E-state index in [1.54, 1.807) is 24.5 Å². The van der Waals surface area contributed by atoms with Crippen molar-refractivity contribution in [1.29, 1.82) is 0 Å². The van der Waals surface area contributed by atoms with Crippen molar-refractivity contribution in [3.8, 4) is 11.4 Å². The van der Waals surface area contributed by atoms with E-state index in [0.29, 0.717) is 28.3 Å². The Bertz CT molecular complexity index is 1200. The minimum Gasteiger partial charge on any atom is -0.467 e. The molecule has 0 saturated carbocycles. The summed E-state index contributed by atoms with van der Waals surface area (Å²) < 4.78 is 33.7. The first kappa shape index (κ1) is 21.1. The average molecular weight is 461 g/mol. The summed E-state index contributed by atoms with van der Waals surface area (Å²) in [5.74, 6) is -1.11. The Hall–Kier alpha value is -3.17. The van der Waals surface area contributed by atoms with Crippen molar-refractivity contribution in [2.24, 2.45) is 0 Å². The number of thioether (sulfide) groups is 1. The Labute approximate surface area is 185 Å². The number of carbonyl (C=O) groups excluding carboxylic acids is 1. The van der Waals surface area contributed by atoms with Crippen LogP contribution in [0.15, 0.2) is 70.4 Å². The Balaban J connectivity index is 1.52. The first-order valence-electron chi connectivity index (χ1n) is 9.09. The van der Waals surface area contributed by atoms with Crippen molar-refractivity contribution < 1.29 is 18.0 Å². The lowest BCUT2D eigenvalue weighted by Gasteiger charge is -2.09. The minimum atomic E-state index is -1.03. The summed E-state index contributed by atoms with van der Waals surface area (Å²) in [4.78, 5) is 12.3. The normalized spacial score (nSPS) is 10.9. The Morgan fingerprint density at radius 2 is 1.90 bits per heavy atom. The van der Waals surface area contributed by atoms with Crippen LogP contribution in [0.3, 0.4) is 0 Å². The van der Waals surface area contributed by atoms with E-state index in [1.165, 1.54) is 6.07 Å². The zero-order valence-corrected chi connectivity index (χ0v) is 17.5. The predicted octanol–water partition coefficient (Wildman–Crippen LogP) is 5.25. The summed E-state index contributed by atoms with van der Waals surface area (Å²) in [6.45, 7) is 0.366. The highest BCUT2D eigenvalue weighted by Crippen LogP contribution is 2.26. The monoisotopic (exact) mass is 460 g/mol. The van der Waals surface area contributed by atoms with Crippen LogP contribution in [0.4, 0.5) is 14.5 Å². The third-order valence-electron chi connectivity index (χ3n) is 4.25. The molecule has 0 saturated heterocycles. The zero-order valence-electron chi connectivity index (χ0n) is 15.9. The zero-order chi connectivity index (χ0) is 21.8. The van der Waals surface area contributed by atoms with Gasteiger partial charge in [-0.05, 0) is 48.5 Å². The van der Waals surface area contributed by atoms with E-state index in [2.05, 4.69) is 15.5 Å². The largest absolute Gasteiger partial charge is 0.467 e. The van der Waals surface area contributed by atoms with Gasteiger partial charge in [0.05, 0.1) is 18.6 Å². The fourth-order valence-electron chi connectivity index (χ4n) is 2.81.